The zero-order chi connectivity index (χ0) is 57.1. The number of nitrogens with two attached hydrogens (primary N) is 1. The van der Waals surface area contributed by atoms with Crippen LogP contribution in [-0.4, -0.2) is 99.8 Å². The molecule has 4 aliphatic rings. The van der Waals surface area contributed by atoms with E-state index in [-0.39, 0.29) is 48.1 Å². The maximum Gasteiger partial charge on any atom is 0.335 e. The molecule has 424 valence electrons. The standard InChI is InChI=1S/C26H28N6O2.C22H23N5O3.C7H8O3S.C3H6N2.H2S/c1-16(12-27)9-24(33)18-3-5-19(6-4-18)25-17(2)13-28-26(31-25)30-20-14-29-32(15-20)21-10-22-7-8-23(11-21)34-22;1-13-10-23-22(26-20(13)14-2-4-15(5-3-14)21(28)29)25-16-11-24-27(12-16)17-8-18-6-7-19(9-17)30-18;1-6-2-4-7(5-3-6)11(8,9)10;1-3(5)2-4;/h3-6,13-16,21-23H,7-11H2,1-2H3,(H,28,30,31);2-5,10-12,17-19H,6-9H2,1H3,(H,28,29)(H,23,25,26);2-5H,1H3,(H,8,9,10);3H,5H2,1H3;1H2/t16-,21?,22?,23?;;;3-;/m1..0./s1. The number of aryl methyl sites for hydroxylation is 3. The molecule has 8 heterocycles. The van der Waals surface area contributed by atoms with Gasteiger partial charge in [0.05, 0.1) is 106 Å². The van der Waals surface area contributed by atoms with Crippen LogP contribution in [0.5, 0.6) is 0 Å². The Bertz CT molecular complexity index is 3450. The summed E-state index contributed by atoms with van der Waals surface area (Å²) in [7, 11) is -4.02. The Balaban J connectivity index is 0.000000183. The number of benzene rings is 3. The maximum absolute atomic E-state index is 12.3. The van der Waals surface area contributed by atoms with Crippen molar-refractivity contribution in [1.29, 1.82) is 10.5 Å². The third kappa shape index (κ3) is 16.6. The highest BCUT2D eigenvalue weighted by Crippen LogP contribution is 2.40. The van der Waals surface area contributed by atoms with E-state index in [1.807, 2.05) is 60.9 Å². The van der Waals surface area contributed by atoms with Gasteiger partial charge in [-0.05, 0) is 121 Å². The fourth-order valence-corrected chi connectivity index (χ4v) is 10.4. The molecule has 0 spiro atoms. The number of aromatic carboxylic acids is 1. The van der Waals surface area contributed by atoms with Crippen LogP contribution in [0, 0.1) is 49.4 Å². The second-order valence-corrected chi connectivity index (χ2v) is 22.0. The van der Waals surface area contributed by atoms with Crippen LogP contribution in [-0.2, 0) is 19.6 Å². The number of hydrogen-bond acceptors (Lipinski definition) is 17. The summed E-state index contributed by atoms with van der Waals surface area (Å²) in [6, 6.07) is 24.4. The number of carbonyl (C=O) groups excluding carboxylic acids is 1. The van der Waals surface area contributed by atoms with E-state index in [0.717, 1.165) is 102 Å². The summed E-state index contributed by atoms with van der Waals surface area (Å²) in [5.74, 6) is -0.301. The quantitative estimate of drug-likeness (QED) is 0.0529. The molecule has 0 saturated carbocycles. The van der Waals surface area contributed by atoms with Crippen molar-refractivity contribution in [3.8, 4) is 34.7 Å². The summed E-state index contributed by atoms with van der Waals surface area (Å²) in [4.78, 5) is 41.5. The number of hydrogen-bond donors (Lipinski definition) is 5. The molecule has 23 heteroatoms. The first-order chi connectivity index (χ1) is 38.3. The molecule has 4 saturated heterocycles. The Morgan fingerprint density at radius 3 is 1.46 bits per heavy atom. The lowest BCUT2D eigenvalue weighted by Gasteiger charge is -2.28. The SMILES string of the molecule is C[C@H](N)C#N.Cc1ccc(S(=O)(=O)O)cc1.Cc1cnc(Nc2cnn(C3CC4CCC(C3)O4)c2)nc1-c1ccc(C(=O)C[C@@H](C)C#N)cc1.Cc1cnc(Nc2cnn(C3CC4CCC(C3)O4)c2)nc1-c1ccc(C(=O)O)cc1.S. The number of rotatable bonds is 13. The van der Waals surface area contributed by atoms with E-state index in [2.05, 4.69) is 41.9 Å². The highest BCUT2D eigenvalue weighted by molar-refractivity contribution is 7.85. The summed E-state index contributed by atoms with van der Waals surface area (Å²) in [5, 5.41) is 41.4. The van der Waals surface area contributed by atoms with Crippen LogP contribution in [0.1, 0.15) is 121 Å². The molecule has 4 unspecified atom stereocenters. The number of aromatic nitrogens is 8. The molecule has 3 aromatic carbocycles. The van der Waals surface area contributed by atoms with Gasteiger partial charge in [-0.1, -0.05) is 54.1 Å². The monoisotopic (exact) mass is 1140 g/mol. The number of fused-ring (bicyclic) bond motifs is 4. The average molecular weight is 1140 g/mol. The number of carbonyl (C=O) groups is 2. The van der Waals surface area contributed by atoms with Gasteiger partial charge in [-0.15, -0.1) is 0 Å². The van der Waals surface area contributed by atoms with E-state index < -0.39 is 16.1 Å². The lowest BCUT2D eigenvalue weighted by molar-refractivity contribution is -0.0183. The molecule has 81 heavy (non-hydrogen) atoms. The predicted molar refractivity (Wildman–Crippen MR) is 309 cm³/mol. The van der Waals surface area contributed by atoms with Gasteiger partial charge in [0.2, 0.25) is 11.9 Å². The first-order valence-electron chi connectivity index (χ1n) is 26.5. The Morgan fingerprint density at radius 2 is 1.09 bits per heavy atom. The number of nitrogens with one attached hydrogen (secondary N) is 2. The fourth-order valence-electron chi connectivity index (χ4n) is 9.88. The van der Waals surface area contributed by atoms with E-state index in [9.17, 15) is 18.0 Å². The molecule has 6 atom stereocenters. The van der Waals surface area contributed by atoms with Crippen molar-refractivity contribution in [2.75, 3.05) is 10.6 Å². The molecule has 11 rings (SSSR count). The van der Waals surface area contributed by atoms with Crippen LogP contribution < -0.4 is 16.4 Å². The fraction of sp³-hybridized carbons (Fsp3) is 0.379. The molecule has 0 aliphatic carbocycles. The van der Waals surface area contributed by atoms with Gasteiger partial charge >= 0.3 is 5.97 Å². The summed E-state index contributed by atoms with van der Waals surface area (Å²) < 4.78 is 45.5. The van der Waals surface area contributed by atoms with Gasteiger partial charge < -0.3 is 30.9 Å². The Hall–Kier alpha value is -7.90. The van der Waals surface area contributed by atoms with Gasteiger partial charge in [-0.3, -0.25) is 18.7 Å². The van der Waals surface area contributed by atoms with Gasteiger partial charge in [0.25, 0.3) is 10.1 Å². The van der Waals surface area contributed by atoms with Crippen molar-refractivity contribution in [2.45, 2.75) is 140 Å². The highest BCUT2D eigenvalue weighted by atomic mass is 32.2. The van der Waals surface area contributed by atoms with Crippen LogP contribution in [0.2, 0.25) is 0 Å². The van der Waals surface area contributed by atoms with E-state index in [0.29, 0.717) is 54.0 Å². The Morgan fingerprint density at radius 1 is 0.679 bits per heavy atom. The topological polar surface area (TPSA) is 312 Å². The molecule has 4 bridgehead atoms. The van der Waals surface area contributed by atoms with Crippen molar-refractivity contribution < 1.29 is 37.1 Å². The average Bonchev–Trinajstić information content (AvgIpc) is 4.29. The second-order valence-electron chi connectivity index (χ2n) is 20.6. The number of carboxylic acid groups (broad SMARTS) is 1. The van der Waals surface area contributed by atoms with Gasteiger partial charge in [0.15, 0.2) is 5.78 Å². The van der Waals surface area contributed by atoms with E-state index >= 15 is 0 Å². The lowest BCUT2D eigenvalue weighted by Crippen LogP contribution is -2.27. The Labute approximate surface area is 478 Å². The molecule has 6 N–H and O–H groups in total. The molecule has 4 aliphatic heterocycles. The summed E-state index contributed by atoms with van der Waals surface area (Å²) in [6.07, 6.45) is 21.5. The van der Waals surface area contributed by atoms with Gasteiger partial charge in [-0.25, -0.2) is 24.7 Å². The van der Waals surface area contributed by atoms with Crippen LogP contribution in [0.15, 0.2) is 115 Å². The summed E-state index contributed by atoms with van der Waals surface area (Å²) in [6.45, 7) is 9.13. The molecule has 0 radical (unpaired) electrons. The number of carboxylic acids is 1. The summed E-state index contributed by atoms with van der Waals surface area (Å²) in [5.41, 5.74) is 13.6. The molecule has 4 aromatic heterocycles. The minimum absolute atomic E-state index is 0. The van der Waals surface area contributed by atoms with E-state index in [1.54, 1.807) is 87.0 Å². The molecular weight excluding hydrogens is 1070 g/mol. The van der Waals surface area contributed by atoms with E-state index in [4.69, 9.17) is 40.4 Å². The van der Waals surface area contributed by atoms with Crippen molar-refractivity contribution in [2.24, 2.45) is 11.7 Å². The third-order valence-electron chi connectivity index (χ3n) is 14.1. The van der Waals surface area contributed by atoms with Crippen molar-refractivity contribution in [3.63, 3.8) is 0 Å². The van der Waals surface area contributed by atoms with Crippen LogP contribution >= 0.6 is 13.5 Å². The molecule has 21 nitrogen and oxygen atoms in total. The molecular formula is C58H67N13O8S2. The number of Topliss-reactive ketones (excluding diaryl/α,β-unsaturated/α-hetero) is 1. The lowest BCUT2D eigenvalue weighted by atomic mass is 9.99. The summed E-state index contributed by atoms with van der Waals surface area (Å²) >= 11 is 0. The normalized spacial score (nSPS) is 20.1. The molecule has 4 fully saturated rings. The smallest absolute Gasteiger partial charge is 0.335 e. The van der Waals surface area contributed by atoms with Crippen LogP contribution in [0.25, 0.3) is 22.5 Å². The molecule has 0 amide bonds. The van der Waals surface area contributed by atoms with Crippen LogP contribution in [0.3, 0.4) is 0 Å². The van der Waals surface area contributed by atoms with Gasteiger partial charge in [0.1, 0.15) is 0 Å². The Kier molecular flexibility index (Phi) is 20.6. The minimum atomic E-state index is -4.02. The van der Waals surface area contributed by atoms with Crippen molar-refractivity contribution in [3.05, 3.63) is 138 Å². The first kappa shape index (κ1) is 60.7. The number of ether oxygens (including phenoxy) is 2. The van der Waals surface area contributed by atoms with Crippen molar-refractivity contribution >= 4 is 58.6 Å². The van der Waals surface area contributed by atoms with Gasteiger partial charge in [0, 0.05) is 47.9 Å². The minimum Gasteiger partial charge on any atom is -0.478 e. The predicted octanol–water partition coefficient (Wildman–Crippen LogP) is 10.2. The van der Waals surface area contributed by atoms with Crippen molar-refractivity contribution in [1.82, 2.24) is 39.5 Å². The zero-order valence-electron chi connectivity index (χ0n) is 45.7. The number of nitrogens with zero attached hydrogens (tertiary/aromatic N) is 10. The molecule has 7 aromatic rings. The second kappa shape index (κ2) is 27.5. The zero-order valence-corrected chi connectivity index (χ0v) is 47.5. The maximum atomic E-state index is 12.3. The first-order valence-corrected chi connectivity index (χ1v) is 27.9. The largest absolute Gasteiger partial charge is 0.478 e. The number of nitriles is 2. The third-order valence-corrected chi connectivity index (χ3v) is 14.9. The number of anilines is 4. The number of ketones is 1. The highest BCUT2D eigenvalue weighted by Gasteiger charge is 2.37. The van der Waals surface area contributed by atoms with Crippen LogP contribution in [0.4, 0.5) is 23.3 Å². The van der Waals surface area contributed by atoms with Gasteiger partial charge in [-0.2, -0.15) is 42.6 Å². The van der Waals surface area contributed by atoms with E-state index in [1.165, 1.54) is 12.1 Å².